The molecule has 2 nitrogen and oxygen atoms in total. The van der Waals surface area contributed by atoms with Gasteiger partial charge < -0.3 is 10.5 Å². The van der Waals surface area contributed by atoms with Crippen LogP contribution < -0.4 is 10.5 Å². The van der Waals surface area contributed by atoms with Crippen LogP contribution in [0.2, 0.25) is 5.02 Å². The first-order chi connectivity index (χ1) is 9.15. The summed E-state index contributed by atoms with van der Waals surface area (Å²) in [5.41, 5.74) is 8.34. The first-order valence-corrected chi connectivity index (χ1v) is 7.28. The lowest BCUT2D eigenvalue weighted by molar-refractivity contribution is 0.161. The van der Waals surface area contributed by atoms with Crippen molar-refractivity contribution in [2.45, 2.75) is 18.6 Å². The molecule has 0 radical (unpaired) electrons. The van der Waals surface area contributed by atoms with Gasteiger partial charge in [0.15, 0.2) is 0 Å². The molecule has 0 aliphatic carbocycles. The van der Waals surface area contributed by atoms with Gasteiger partial charge in [0.25, 0.3) is 0 Å². The molecule has 2 atom stereocenters. The van der Waals surface area contributed by atoms with Crippen molar-refractivity contribution < 1.29 is 4.74 Å². The van der Waals surface area contributed by atoms with Gasteiger partial charge in [-0.25, -0.2) is 0 Å². The monoisotopic (exact) mass is 337 g/mol. The quantitative estimate of drug-likeness (QED) is 0.823. The van der Waals surface area contributed by atoms with Crippen LogP contribution in [0, 0.1) is 0 Å². The Bertz CT molecular complexity index is 617. The predicted molar refractivity (Wildman–Crippen MR) is 80.5 cm³/mol. The lowest BCUT2D eigenvalue weighted by Gasteiger charge is -2.31. The second-order valence-electron chi connectivity index (χ2n) is 4.65. The Balaban J connectivity index is 1.99. The first kappa shape index (κ1) is 13.0. The molecule has 0 bridgehead atoms. The van der Waals surface area contributed by atoms with Crippen molar-refractivity contribution in [3.05, 3.63) is 63.1 Å². The maximum Gasteiger partial charge on any atom is 0.127 e. The largest absolute Gasteiger partial charge is 0.485 e. The number of rotatable bonds is 1. The highest BCUT2D eigenvalue weighted by molar-refractivity contribution is 9.10. The summed E-state index contributed by atoms with van der Waals surface area (Å²) in [5, 5.41) is 0.703. The number of nitrogens with two attached hydrogens (primary N) is 1. The number of hydrogen-bond acceptors (Lipinski definition) is 2. The molecular formula is C15H13BrClNO. The second kappa shape index (κ2) is 5.16. The van der Waals surface area contributed by atoms with Crippen LogP contribution in [0.25, 0.3) is 0 Å². The Morgan fingerprint density at radius 1 is 1.16 bits per heavy atom. The fraction of sp³-hybridized carbons (Fsp3) is 0.200. The van der Waals surface area contributed by atoms with E-state index in [1.807, 2.05) is 42.5 Å². The molecule has 0 saturated carbocycles. The van der Waals surface area contributed by atoms with E-state index in [0.717, 1.165) is 27.8 Å². The molecule has 0 saturated heterocycles. The molecular weight excluding hydrogens is 326 g/mol. The van der Waals surface area contributed by atoms with Crippen LogP contribution in [0.3, 0.4) is 0 Å². The molecule has 2 aromatic carbocycles. The summed E-state index contributed by atoms with van der Waals surface area (Å²) < 4.78 is 7.05. The summed E-state index contributed by atoms with van der Waals surface area (Å²) in [5.74, 6) is 0.859. The number of fused-ring (bicyclic) bond motifs is 1. The van der Waals surface area contributed by atoms with Crippen molar-refractivity contribution in [1.29, 1.82) is 0 Å². The zero-order valence-corrected chi connectivity index (χ0v) is 12.5. The van der Waals surface area contributed by atoms with Crippen molar-refractivity contribution >= 4 is 27.5 Å². The summed E-state index contributed by atoms with van der Waals surface area (Å²) in [4.78, 5) is 0. The lowest BCUT2D eigenvalue weighted by atomic mass is 9.94. The van der Waals surface area contributed by atoms with Gasteiger partial charge >= 0.3 is 0 Å². The normalized spacial score (nSPS) is 21.6. The van der Waals surface area contributed by atoms with E-state index in [-0.39, 0.29) is 12.1 Å². The average molecular weight is 339 g/mol. The van der Waals surface area contributed by atoms with E-state index >= 15 is 0 Å². The Morgan fingerprint density at radius 3 is 2.79 bits per heavy atom. The van der Waals surface area contributed by atoms with Gasteiger partial charge in [0.2, 0.25) is 0 Å². The van der Waals surface area contributed by atoms with Crippen molar-refractivity contribution in [2.24, 2.45) is 5.73 Å². The fourth-order valence-corrected chi connectivity index (χ4v) is 3.09. The number of ether oxygens (including phenoxy) is 1. The van der Waals surface area contributed by atoms with E-state index in [1.165, 1.54) is 0 Å². The Hall–Kier alpha value is -1.03. The van der Waals surface area contributed by atoms with Gasteiger partial charge in [0, 0.05) is 33.1 Å². The Kier molecular flexibility index (Phi) is 3.52. The minimum atomic E-state index is -0.0713. The number of benzene rings is 2. The van der Waals surface area contributed by atoms with Crippen LogP contribution in [-0.2, 0) is 0 Å². The highest BCUT2D eigenvalue weighted by Gasteiger charge is 2.28. The molecule has 2 N–H and O–H groups in total. The number of para-hydroxylation sites is 1. The zero-order valence-electron chi connectivity index (χ0n) is 10.1. The van der Waals surface area contributed by atoms with E-state index in [9.17, 15) is 0 Å². The molecule has 0 amide bonds. The minimum absolute atomic E-state index is 0.0131. The third kappa shape index (κ3) is 2.50. The molecule has 1 heterocycles. The van der Waals surface area contributed by atoms with Gasteiger partial charge in [-0.15, -0.1) is 0 Å². The van der Waals surface area contributed by atoms with E-state index < -0.39 is 0 Å². The Morgan fingerprint density at radius 2 is 1.95 bits per heavy atom. The fourth-order valence-electron chi connectivity index (χ4n) is 2.40. The molecule has 1 aliphatic heterocycles. The van der Waals surface area contributed by atoms with Gasteiger partial charge in [-0.2, -0.15) is 0 Å². The van der Waals surface area contributed by atoms with Gasteiger partial charge in [-0.05, 0) is 24.3 Å². The molecule has 2 unspecified atom stereocenters. The highest BCUT2D eigenvalue weighted by Crippen LogP contribution is 2.41. The van der Waals surface area contributed by atoms with Crippen LogP contribution >= 0.6 is 27.5 Å². The molecule has 0 spiro atoms. The molecule has 0 fully saturated rings. The number of halogens is 2. The maximum atomic E-state index is 6.23. The van der Waals surface area contributed by atoms with E-state index in [1.54, 1.807) is 0 Å². The van der Waals surface area contributed by atoms with E-state index in [4.69, 9.17) is 22.1 Å². The summed E-state index contributed by atoms with van der Waals surface area (Å²) in [7, 11) is 0. The van der Waals surface area contributed by atoms with Crippen LogP contribution in [-0.4, -0.2) is 0 Å². The Labute approximate surface area is 125 Å². The third-order valence-corrected chi connectivity index (χ3v) is 4.32. The summed E-state index contributed by atoms with van der Waals surface area (Å²) in [6, 6.07) is 13.6. The smallest absolute Gasteiger partial charge is 0.127 e. The predicted octanol–water partition coefficient (Wildman–Crippen LogP) is 4.63. The summed E-state index contributed by atoms with van der Waals surface area (Å²) >= 11 is 9.61. The molecule has 2 aromatic rings. The second-order valence-corrected chi connectivity index (χ2v) is 5.94. The molecule has 19 heavy (non-hydrogen) atoms. The lowest BCUT2D eigenvalue weighted by Crippen LogP contribution is -2.24. The number of hydrogen-bond donors (Lipinski definition) is 1. The van der Waals surface area contributed by atoms with Gasteiger partial charge in [-0.3, -0.25) is 0 Å². The minimum Gasteiger partial charge on any atom is -0.485 e. The summed E-state index contributed by atoms with van der Waals surface area (Å²) in [6.45, 7) is 0. The molecule has 4 heteroatoms. The zero-order chi connectivity index (χ0) is 13.4. The van der Waals surface area contributed by atoms with Gasteiger partial charge in [-0.1, -0.05) is 45.7 Å². The SMILES string of the molecule is NC1CC(c2cc(Cl)ccc2Br)Oc2ccccc21. The van der Waals surface area contributed by atoms with E-state index in [2.05, 4.69) is 15.9 Å². The topological polar surface area (TPSA) is 35.2 Å². The highest BCUT2D eigenvalue weighted by atomic mass is 79.9. The average Bonchev–Trinajstić information content (AvgIpc) is 2.41. The van der Waals surface area contributed by atoms with Crippen LogP contribution in [0.4, 0.5) is 0 Å². The maximum absolute atomic E-state index is 6.23. The molecule has 98 valence electrons. The van der Waals surface area contributed by atoms with Crippen molar-refractivity contribution in [3.8, 4) is 5.75 Å². The van der Waals surface area contributed by atoms with Crippen molar-refractivity contribution in [2.75, 3.05) is 0 Å². The summed E-state index contributed by atoms with van der Waals surface area (Å²) in [6.07, 6.45) is 0.675. The molecule has 3 rings (SSSR count). The van der Waals surface area contributed by atoms with Crippen LogP contribution in [0.1, 0.15) is 29.7 Å². The standard InChI is InChI=1S/C15H13BrClNO/c16-12-6-5-9(17)7-11(12)15-8-13(18)10-3-1-2-4-14(10)19-15/h1-7,13,15H,8,18H2. The van der Waals surface area contributed by atoms with Crippen LogP contribution in [0.15, 0.2) is 46.9 Å². The van der Waals surface area contributed by atoms with E-state index in [0.29, 0.717) is 5.02 Å². The van der Waals surface area contributed by atoms with Crippen LogP contribution in [0.5, 0.6) is 5.75 Å². The van der Waals surface area contributed by atoms with Gasteiger partial charge in [0.05, 0.1) is 0 Å². The molecule has 1 aliphatic rings. The van der Waals surface area contributed by atoms with Crippen molar-refractivity contribution in [3.63, 3.8) is 0 Å². The van der Waals surface area contributed by atoms with Gasteiger partial charge in [0.1, 0.15) is 11.9 Å². The van der Waals surface area contributed by atoms with Crippen molar-refractivity contribution in [1.82, 2.24) is 0 Å². The third-order valence-electron chi connectivity index (χ3n) is 3.36. The first-order valence-electron chi connectivity index (χ1n) is 6.11. The molecule has 0 aromatic heterocycles.